The number of aliphatic hydroxyl groups excluding tert-OH is 1. The van der Waals surface area contributed by atoms with Crippen molar-refractivity contribution in [1.29, 1.82) is 0 Å². The summed E-state index contributed by atoms with van der Waals surface area (Å²) < 4.78 is 7.90. The normalized spacial score (nSPS) is 21.7. The molecule has 2 rings (SSSR count). The van der Waals surface area contributed by atoms with Crippen molar-refractivity contribution in [1.82, 2.24) is 4.57 Å². The van der Waals surface area contributed by atoms with Crippen molar-refractivity contribution in [2.24, 2.45) is 11.3 Å². The highest BCUT2D eigenvalue weighted by Crippen LogP contribution is 2.40. The van der Waals surface area contributed by atoms with E-state index in [-0.39, 0.29) is 11.5 Å². The predicted octanol–water partition coefficient (Wildman–Crippen LogP) is 3.17. The second-order valence-corrected chi connectivity index (χ2v) is 6.94. The summed E-state index contributed by atoms with van der Waals surface area (Å²) in [5.41, 5.74) is 2.58. The van der Waals surface area contributed by atoms with E-state index in [1.807, 2.05) is 0 Å². The lowest BCUT2D eigenvalue weighted by Gasteiger charge is -2.34. The van der Waals surface area contributed by atoms with E-state index >= 15 is 0 Å². The average Bonchev–Trinajstić information content (AvgIpc) is 2.66. The van der Waals surface area contributed by atoms with Crippen molar-refractivity contribution in [3.8, 4) is 0 Å². The van der Waals surface area contributed by atoms with Crippen molar-refractivity contribution >= 4 is 0 Å². The van der Waals surface area contributed by atoms with E-state index in [1.165, 1.54) is 5.69 Å². The molecule has 1 heterocycles. The van der Waals surface area contributed by atoms with Crippen molar-refractivity contribution in [2.45, 2.75) is 53.2 Å². The molecule has 0 saturated carbocycles. The van der Waals surface area contributed by atoms with Crippen molar-refractivity contribution in [2.75, 3.05) is 13.2 Å². The summed E-state index contributed by atoms with van der Waals surface area (Å²) in [6.07, 6.45) is 3.68. The lowest BCUT2D eigenvalue weighted by Crippen LogP contribution is -2.27. The number of nitrogens with zero attached hydrogens (tertiary/aromatic N) is 1. The number of aliphatic hydroxyl groups is 1. The van der Waals surface area contributed by atoms with Crippen LogP contribution in [0.2, 0.25) is 0 Å². The molecule has 0 aromatic carbocycles. The maximum absolute atomic E-state index is 10.2. The molecular weight excluding hydrogens is 238 g/mol. The third-order valence-electron chi connectivity index (χ3n) is 3.79. The number of rotatable bonds is 5. The van der Waals surface area contributed by atoms with Gasteiger partial charge in [0.25, 0.3) is 0 Å². The highest BCUT2D eigenvalue weighted by Gasteiger charge is 2.32. The molecule has 1 aliphatic rings. The Kier molecular flexibility index (Phi) is 4.36. The first-order valence-electron chi connectivity index (χ1n) is 7.33. The van der Waals surface area contributed by atoms with Crippen LogP contribution in [0.25, 0.3) is 0 Å². The van der Waals surface area contributed by atoms with Gasteiger partial charge in [-0.2, -0.15) is 0 Å². The fraction of sp³-hybridized carbons (Fsp3) is 0.750. The number of ether oxygens (including phenoxy) is 1. The summed E-state index contributed by atoms with van der Waals surface area (Å²) >= 11 is 0. The van der Waals surface area contributed by atoms with Gasteiger partial charge in [0.15, 0.2) is 0 Å². The first kappa shape index (κ1) is 14.6. The van der Waals surface area contributed by atoms with Crippen LogP contribution >= 0.6 is 0 Å². The molecule has 0 bridgehead atoms. The molecule has 3 nitrogen and oxygen atoms in total. The van der Waals surface area contributed by atoms with E-state index in [0.29, 0.717) is 5.92 Å². The standard InChI is InChI=1S/C16H27NO2/c1-12(2)11-19-8-7-17-6-5-13-14(17)9-16(3,4)10-15(13)18/h5-6,12,15,18H,7-11H2,1-4H3. The van der Waals surface area contributed by atoms with Gasteiger partial charge < -0.3 is 14.4 Å². The summed E-state index contributed by atoms with van der Waals surface area (Å²) in [4.78, 5) is 0. The predicted molar refractivity (Wildman–Crippen MR) is 77.2 cm³/mol. The smallest absolute Gasteiger partial charge is 0.0812 e. The van der Waals surface area contributed by atoms with Gasteiger partial charge >= 0.3 is 0 Å². The summed E-state index contributed by atoms with van der Waals surface area (Å²) in [5, 5.41) is 10.2. The van der Waals surface area contributed by atoms with E-state index in [4.69, 9.17) is 4.74 Å². The van der Waals surface area contributed by atoms with E-state index < -0.39 is 0 Å². The van der Waals surface area contributed by atoms with Crippen LogP contribution in [0.3, 0.4) is 0 Å². The molecular formula is C16H27NO2. The molecule has 0 radical (unpaired) electrons. The van der Waals surface area contributed by atoms with Crippen LogP contribution in [0, 0.1) is 11.3 Å². The fourth-order valence-electron chi connectivity index (χ4n) is 2.88. The minimum atomic E-state index is -0.309. The van der Waals surface area contributed by atoms with Gasteiger partial charge in [-0.1, -0.05) is 27.7 Å². The fourth-order valence-corrected chi connectivity index (χ4v) is 2.88. The SMILES string of the molecule is CC(C)COCCn1ccc2c1CC(C)(C)CC2O. The maximum Gasteiger partial charge on any atom is 0.0812 e. The summed E-state index contributed by atoms with van der Waals surface area (Å²) in [7, 11) is 0. The third-order valence-corrected chi connectivity index (χ3v) is 3.79. The number of hydrogen-bond acceptors (Lipinski definition) is 2. The van der Waals surface area contributed by atoms with Gasteiger partial charge in [-0.25, -0.2) is 0 Å². The molecule has 1 aromatic heterocycles. The number of fused-ring (bicyclic) bond motifs is 1. The Balaban J connectivity index is 2.00. The quantitative estimate of drug-likeness (QED) is 0.830. The third kappa shape index (κ3) is 3.61. The molecule has 0 fully saturated rings. The van der Waals surface area contributed by atoms with Crippen LogP contribution in [-0.2, 0) is 17.7 Å². The Bertz CT molecular complexity index is 420. The Morgan fingerprint density at radius 3 is 2.89 bits per heavy atom. The van der Waals surface area contributed by atoms with Crippen molar-refractivity contribution in [3.05, 3.63) is 23.5 Å². The highest BCUT2D eigenvalue weighted by atomic mass is 16.5. The molecule has 19 heavy (non-hydrogen) atoms. The van der Waals surface area contributed by atoms with Crippen LogP contribution in [0.5, 0.6) is 0 Å². The van der Waals surface area contributed by atoms with E-state index in [2.05, 4.69) is 44.5 Å². The minimum Gasteiger partial charge on any atom is -0.388 e. The Morgan fingerprint density at radius 1 is 1.47 bits per heavy atom. The van der Waals surface area contributed by atoms with Crippen molar-refractivity contribution in [3.63, 3.8) is 0 Å². The highest BCUT2D eigenvalue weighted by molar-refractivity contribution is 5.29. The second-order valence-electron chi connectivity index (χ2n) is 6.94. The van der Waals surface area contributed by atoms with Gasteiger partial charge in [0, 0.05) is 30.6 Å². The topological polar surface area (TPSA) is 34.4 Å². The van der Waals surface area contributed by atoms with E-state index in [9.17, 15) is 5.11 Å². The van der Waals surface area contributed by atoms with Gasteiger partial charge in [-0.3, -0.25) is 0 Å². The zero-order valence-corrected chi connectivity index (χ0v) is 12.6. The Labute approximate surface area is 116 Å². The molecule has 0 saturated heterocycles. The maximum atomic E-state index is 10.2. The summed E-state index contributed by atoms with van der Waals surface area (Å²) in [6, 6.07) is 2.07. The van der Waals surface area contributed by atoms with Gasteiger partial charge in [0.2, 0.25) is 0 Å². The lowest BCUT2D eigenvalue weighted by molar-refractivity contribution is 0.0916. The summed E-state index contributed by atoms with van der Waals surface area (Å²) in [5.74, 6) is 0.583. The lowest BCUT2D eigenvalue weighted by atomic mass is 9.75. The van der Waals surface area contributed by atoms with Crippen LogP contribution in [0.15, 0.2) is 12.3 Å². The van der Waals surface area contributed by atoms with Crippen LogP contribution in [0.1, 0.15) is 51.5 Å². The molecule has 108 valence electrons. The molecule has 1 atom stereocenters. The average molecular weight is 265 g/mol. The Hall–Kier alpha value is -0.800. The number of aromatic nitrogens is 1. The second kappa shape index (κ2) is 5.68. The molecule has 1 N–H and O–H groups in total. The first-order chi connectivity index (χ1) is 8.89. The molecule has 0 amide bonds. The molecule has 3 heteroatoms. The molecule has 1 unspecified atom stereocenters. The first-order valence-corrected chi connectivity index (χ1v) is 7.33. The summed E-state index contributed by atoms with van der Waals surface area (Å²) in [6.45, 7) is 11.2. The van der Waals surface area contributed by atoms with Gasteiger partial charge in [0.1, 0.15) is 0 Å². The number of hydrogen-bond donors (Lipinski definition) is 1. The van der Waals surface area contributed by atoms with E-state index in [0.717, 1.165) is 38.2 Å². The minimum absolute atomic E-state index is 0.182. The molecule has 0 spiro atoms. The van der Waals surface area contributed by atoms with Crippen molar-refractivity contribution < 1.29 is 9.84 Å². The van der Waals surface area contributed by atoms with Gasteiger partial charge in [-0.15, -0.1) is 0 Å². The van der Waals surface area contributed by atoms with E-state index in [1.54, 1.807) is 0 Å². The zero-order valence-electron chi connectivity index (χ0n) is 12.6. The largest absolute Gasteiger partial charge is 0.388 e. The molecule has 1 aliphatic carbocycles. The Morgan fingerprint density at radius 2 is 2.21 bits per heavy atom. The molecule has 0 aliphatic heterocycles. The van der Waals surface area contributed by atoms with Crippen LogP contribution in [-0.4, -0.2) is 22.9 Å². The van der Waals surface area contributed by atoms with Gasteiger partial charge in [-0.05, 0) is 30.2 Å². The van der Waals surface area contributed by atoms with Crippen LogP contribution < -0.4 is 0 Å². The van der Waals surface area contributed by atoms with Gasteiger partial charge in [0.05, 0.1) is 12.7 Å². The zero-order chi connectivity index (χ0) is 14.0. The monoisotopic (exact) mass is 265 g/mol. The molecule has 1 aromatic rings. The van der Waals surface area contributed by atoms with Crippen LogP contribution in [0.4, 0.5) is 0 Å².